The molecule has 0 radical (unpaired) electrons. The summed E-state index contributed by atoms with van der Waals surface area (Å²) in [5.41, 5.74) is 6.81. The molecule has 2 N–H and O–H groups in total. The fourth-order valence-electron chi connectivity index (χ4n) is 2.06. The Morgan fingerprint density at radius 2 is 2.18 bits per heavy atom. The first-order chi connectivity index (χ1) is 8.38. The van der Waals surface area contributed by atoms with Crippen molar-refractivity contribution in [2.24, 2.45) is 5.73 Å². The second-order valence-corrected chi connectivity index (χ2v) is 4.29. The van der Waals surface area contributed by atoms with Crippen LogP contribution in [0.25, 0.3) is 0 Å². The lowest BCUT2D eigenvalue weighted by Gasteiger charge is -2.31. The van der Waals surface area contributed by atoms with Gasteiger partial charge in [0.15, 0.2) is 0 Å². The summed E-state index contributed by atoms with van der Waals surface area (Å²) in [4.78, 5) is 2.42. The zero-order valence-electron chi connectivity index (χ0n) is 10.1. The molecule has 1 aliphatic heterocycles. The largest absolute Gasteiger partial charge is 0.371 e. The summed E-state index contributed by atoms with van der Waals surface area (Å²) >= 11 is 0. The monoisotopic (exact) mass is 232 g/mol. The molecule has 1 unspecified atom stereocenters. The van der Waals surface area contributed by atoms with Crippen molar-refractivity contribution in [1.82, 2.24) is 4.90 Å². The lowest BCUT2D eigenvalue weighted by atomic mass is 10.2. The van der Waals surface area contributed by atoms with Gasteiger partial charge < -0.3 is 10.5 Å². The summed E-state index contributed by atoms with van der Waals surface area (Å²) in [5.74, 6) is 0. The Morgan fingerprint density at radius 3 is 2.94 bits per heavy atom. The summed E-state index contributed by atoms with van der Waals surface area (Å²) in [6.45, 7) is 4.33. The Morgan fingerprint density at radius 1 is 1.35 bits per heavy atom. The van der Waals surface area contributed by atoms with Gasteiger partial charge >= 0.3 is 0 Å². The van der Waals surface area contributed by atoms with E-state index in [2.05, 4.69) is 41.3 Å². The number of hydrogen-bond donors (Lipinski definition) is 1. The molecule has 0 spiro atoms. The summed E-state index contributed by atoms with van der Waals surface area (Å²) < 4.78 is 5.66. The molecule has 3 nitrogen and oxygen atoms in total. The molecule has 92 valence electrons. The number of nitrogens with zero attached hydrogens (tertiary/aromatic N) is 1. The Kier molecular flexibility index (Phi) is 4.74. The number of morpholine rings is 1. The lowest BCUT2D eigenvalue weighted by molar-refractivity contribution is -0.00656. The molecule has 0 saturated carbocycles. The maximum absolute atomic E-state index is 5.66. The first kappa shape index (κ1) is 12.3. The van der Waals surface area contributed by atoms with E-state index in [0.29, 0.717) is 6.54 Å². The minimum atomic E-state index is 0.191. The Balaban J connectivity index is 1.87. The van der Waals surface area contributed by atoms with Crippen molar-refractivity contribution in [3.63, 3.8) is 0 Å². The number of benzene rings is 1. The molecule has 0 aromatic heterocycles. The quantitative estimate of drug-likeness (QED) is 0.798. The zero-order chi connectivity index (χ0) is 11.9. The number of ether oxygens (including phenoxy) is 1. The molecule has 2 rings (SSSR count). The smallest absolute Gasteiger partial charge is 0.0883 e. The molecular formula is C14H20N2O. The van der Waals surface area contributed by atoms with Gasteiger partial charge in [-0.15, -0.1) is 0 Å². The average Bonchev–Trinajstić information content (AvgIpc) is 2.38. The number of rotatable bonds is 4. The van der Waals surface area contributed by atoms with Crippen LogP contribution in [0.1, 0.15) is 5.56 Å². The molecule has 1 aliphatic rings. The Bertz CT molecular complexity index is 350. The van der Waals surface area contributed by atoms with E-state index in [1.807, 2.05) is 6.08 Å². The molecule has 0 bridgehead atoms. The molecule has 3 heteroatoms. The Labute approximate surface area is 103 Å². The molecule has 0 aliphatic carbocycles. The van der Waals surface area contributed by atoms with Gasteiger partial charge in [-0.25, -0.2) is 0 Å². The van der Waals surface area contributed by atoms with Crippen LogP contribution in [0.2, 0.25) is 0 Å². The molecule has 1 aromatic rings. The van der Waals surface area contributed by atoms with Gasteiger partial charge in [0.1, 0.15) is 0 Å². The third-order valence-electron chi connectivity index (χ3n) is 2.91. The molecule has 1 heterocycles. The predicted molar refractivity (Wildman–Crippen MR) is 69.7 cm³/mol. The van der Waals surface area contributed by atoms with Gasteiger partial charge in [-0.05, 0) is 5.56 Å². The van der Waals surface area contributed by atoms with E-state index in [4.69, 9.17) is 10.5 Å². The molecule has 1 fully saturated rings. The third kappa shape index (κ3) is 3.97. The van der Waals surface area contributed by atoms with Crippen molar-refractivity contribution in [3.8, 4) is 0 Å². The van der Waals surface area contributed by atoms with E-state index in [0.717, 1.165) is 26.2 Å². The highest BCUT2D eigenvalue weighted by Crippen LogP contribution is 2.10. The molecule has 0 amide bonds. The van der Waals surface area contributed by atoms with Crippen molar-refractivity contribution in [3.05, 3.63) is 48.0 Å². The van der Waals surface area contributed by atoms with Gasteiger partial charge in [-0.3, -0.25) is 4.90 Å². The van der Waals surface area contributed by atoms with E-state index in [9.17, 15) is 0 Å². The average molecular weight is 232 g/mol. The van der Waals surface area contributed by atoms with E-state index in [1.165, 1.54) is 5.56 Å². The summed E-state index contributed by atoms with van der Waals surface area (Å²) in [7, 11) is 0. The molecular weight excluding hydrogens is 212 g/mol. The summed E-state index contributed by atoms with van der Waals surface area (Å²) in [5, 5.41) is 0. The predicted octanol–water partition coefficient (Wildman–Crippen LogP) is 1.40. The fourth-order valence-corrected chi connectivity index (χ4v) is 2.06. The molecule has 1 aromatic carbocycles. The Hall–Kier alpha value is -1.16. The van der Waals surface area contributed by atoms with Crippen LogP contribution in [0, 0.1) is 0 Å². The van der Waals surface area contributed by atoms with E-state index < -0.39 is 0 Å². The van der Waals surface area contributed by atoms with Crippen LogP contribution in [0.4, 0.5) is 0 Å². The molecule has 1 atom stereocenters. The van der Waals surface area contributed by atoms with Gasteiger partial charge in [0.25, 0.3) is 0 Å². The number of nitrogens with two attached hydrogens (primary N) is 1. The van der Waals surface area contributed by atoms with Gasteiger partial charge in [0.05, 0.1) is 12.7 Å². The van der Waals surface area contributed by atoms with Crippen molar-refractivity contribution in [2.45, 2.75) is 12.6 Å². The first-order valence-electron chi connectivity index (χ1n) is 6.13. The summed E-state index contributed by atoms with van der Waals surface area (Å²) in [6, 6.07) is 10.6. The van der Waals surface area contributed by atoms with E-state index >= 15 is 0 Å². The van der Waals surface area contributed by atoms with Crippen LogP contribution >= 0.6 is 0 Å². The minimum absolute atomic E-state index is 0.191. The second kappa shape index (κ2) is 6.55. The maximum atomic E-state index is 5.66. The van der Waals surface area contributed by atoms with Crippen molar-refractivity contribution in [2.75, 3.05) is 26.2 Å². The van der Waals surface area contributed by atoms with Gasteiger partial charge in [0, 0.05) is 26.2 Å². The lowest BCUT2D eigenvalue weighted by Crippen LogP contribution is -2.41. The SMILES string of the molecule is NC/C=C/C1CN(Cc2ccccc2)CCO1. The van der Waals surface area contributed by atoms with Crippen LogP contribution < -0.4 is 5.73 Å². The third-order valence-corrected chi connectivity index (χ3v) is 2.91. The fraction of sp³-hybridized carbons (Fsp3) is 0.429. The zero-order valence-corrected chi connectivity index (χ0v) is 10.1. The van der Waals surface area contributed by atoms with E-state index in [-0.39, 0.29) is 6.10 Å². The topological polar surface area (TPSA) is 38.5 Å². The van der Waals surface area contributed by atoms with Crippen LogP contribution in [-0.4, -0.2) is 37.2 Å². The highest BCUT2D eigenvalue weighted by molar-refractivity contribution is 5.14. The van der Waals surface area contributed by atoms with Gasteiger partial charge in [0.2, 0.25) is 0 Å². The van der Waals surface area contributed by atoms with Crippen molar-refractivity contribution in [1.29, 1.82) is 0 Å². The van der Waals surface area contributed by atoms with Crippen LogP contribution in [0.3, 0.4) is 0 Å². The van der Waals surface area contributed by atoms with E-state index in [1.54, 1.807) is 0 Å². The normalized spacial score (nSPS) is 22.1. The van der Waals surface area contributed by atoms with Crippen LogP contribution in [0.15, 0.2) is 42.5 Å². The van der Waals surface area contributed by atoms with Gasteiger partial charge in [-0.1, -0.05) is 42.5 Å². The van der Waals surface area contributed by atoms with Crippen molar-refractivity contribution >= 4 is 0 Å². The molecule has 17 heavy (non-hydrogen) atoms. The second-order valence-electron chi connectivity index (χ2n) is 4.29. The maximum Gasteiger partial charge on any atom is 0.0883 e. The van der Waals surface area contributed by atoms with Crippen molar-refractivity contribution < 1.29 is 4.74 Å². The minimum Gasteiger partial charge on any atom is -0.371 e. The van der Waals surface area contributed by atoms with Gasteiger partial charge in [-0.2, -0.15) is 0 Å². The standard InChI is InChI=1S/C14H20N2O/c15-8-4-7-14-12-16(9-10-17-14)11-13-5-2-1-3-6-13/h1-7,14H,8-12,15H2/b7-4+. The molecule has 1 saturated heterocycles. The highest BCUT2D eigenvalue weighted by atomic mass is 16.5. The number of hydrogen-bond acceptors (Lipinski definition) is 3. The summed E-state index contributed by atoms with van der Waals surface area (Å²) in [6.07, 6.45) is 4.23. The van der Waals surface area contributed by atoms with Crippen LogP contribution in [-0.2, 0) is 11.3 Å². The highest BCUT2D eigenvalue weighted by Gasteiger charge is 2.17. The van der Waals surface area contributed by atoms with Crippen LogP contribution in [0.5, 0.6) is 0 Å². The first-order valence-corrected chi connectivity index (χ1v) is 6.13.